The topological polar surface area (TPSA) is 42.2 Å². The summed E-state index contributed by atoms with van der Waals surface area (Å²) in [5.74, 6) is 2.30. The van der Waals surface area contributed by atoms with Gasteiger partial charge in [0.2, 0.25) is 5.95 Å². The van der Waals surface area contributed by atoms with Crippen molar-refractivity contribution >= 4 is 23.2 Å². The van der Waals surface area contributed by atoms with Crippen LogP contribution in [0.15, 0.2) is 18.3 Å². The van der Waals surface area contributed by atoms with Crippen LogP contribution in [0, 0.1) is 11.8 Å². The van der Waals surface area contributed by atoms with E-state index >= 15 is 0 Å². The predicted octanol–water partition coefficient (Wildman–Crippen LogP) is 3.62. The summed E-state index contributed by atoms with van der Waals surface area (Å²) >= 11 is 5.93. The molecule has 2 heterocycles. The lowest BCUT2D eigenvalue weighted by molar-refractivity contribution is 0.293. The van der Waals surface area contributed by atoms with Gasteiger partial charge < -0.3 is 5.32 Å². The molecule has 2 unspecified atom stereocenters. The third-order valence-corrected chi connectivity index (χ3v) is 4.11. The highest BCUT2D eigenvalue weighted by Crippen LogP contribution is 2.28. The van der Waals surface area contributed by atoms with Gasteiger partial charge in [-0.05, 0) is 36.8 Å². The highest BCUT2D eigenvalue weighted by molar-refractivity contribution is 6.30. The zero-order chi connectivity index (χ0) is 13.2. The summed E-state index contributed by atoms with van der Waals surface area (Å²) in [5.41, 5.74) is 0.823. The second-order valence-corrected chi connectivity index (χ2v) is 6.04. The van der Waals surface area contributed by atoms with Crippen molar-refractivity contribution in [2.24, 2.45) is 11.8 Å². The van der Waals surface area contributed by atoms with Gasteiger partial charge in [0.25, 0.3) is 0 Å². The fraction of sp³-hybridized carbons (Fsp3) is 0.571. The number of hydrogen-bond acceptors (Lipinski definition) is 3. The Morgan fingerprint density at radius 2 is 2.32 bits per heavy atom. The molecule has 19 heavy (non-hydrogen) atoms. The van der Waals surface area contributed by atoms with E-state index in [2.05, 4.69) is 22.3 Å². The molecule has 1 saturated carbocycles. The van der Waals surface area contributed by atoms with Crippen molar-refractivity contribution in [1.82, 2.24) is 14.6 Å². The second-order valence-electron chi connectivity index (χ2n) is 5.60. The van der Waals surface area contributed by atoms with Crippen LogP contribution in [-0.2, 0) is 0 Å². The second kappa shape index (κ2) is 5.37. The van der Waals surface area contributed by atoms with Crippen LogP contribution < -0.4 is 5.32 Å². The van der Waals surface area contributed by atoms with E-state index in [4.69, 9.17) is 11.6 Å². The number of nitrogens with one attached hydrogen (secondary N) is 1. The van der Waals surface area contributed by atoms with Gasteiger partial charge in [-0.2, -0.15) is 4.98 Å². The summed E-state index contributed by atoms with van der Waals surface area (Å²) in [6.07, 6.45) is 7.13. The first-order valence-corrected chi connectivity index (χ1v) is 7.34. The molecular formula is C14H19ClN4. The van der Waals surface area contributed by atoms with Crippen molar-refractivity contribution < 1.29 is 0 Å². The molecule has 1 aliphatic carbocycles. The lowest BCUT2D eigenvalue weighted by Crippen LogP contribution is -2.21. The molecule has 0 saturated heterocycles. The minimum absolute atomic E-state index is 0.671. The first-order chi connectivity index (χ1) is 9.20. The molecule has 2 aromatic heterocycles. The zero-order valence-corrected chi connectivity index (χ0v) is 11.9. The third-order valence-electron chi connectivity index (χ3n) is 3.89. The first-order valence-electron chi connectivity index (χ1n) is 6.96. The fourth-order valence-corrected chi connectivity index (χ4v) is 3.07. The first kappa shape index (κ1) is 12.7. The maximum absolute atomic E-state index is 5.93. The molecule has 1 N–H and O–H groups in total. The molecule has 3 rings (SSSR count). The number of fused-ring (bicyclic) bond motifs is 1. The summed E-state index contributed by atoms with van der Waals surface area (Å²) in [7, 11) is 0. The molecule has 0 aliphatic heterocycles. The Morgan fingerprint density at radius 3 is 3.16 bits per heavy atom. The van der Waals surface area contributed by atoms with E-state index in [1.807, 2.05) is 12.1 Å². The number of halogens is 1. The van der Waals surface area contributed by atoms with Crippen LogP contribution in [0.3, 0.4) is 0 Å². The number of nitrogens with zero attached hydrogens (tertiary/aromatic N) is 3. The van der Waals surface area contributed by atoms with E-state index in [-0.39, 0.29) is 0 Å². The Morgan fingerprint density at radius 1 is 1.42 bits per heavy atom. The van der Waals surface area contributed by atoms with Gasteiger partial charge in [0.1, 0.15) is 0 Å². The van der Waals surface area contributed by atoms with Crippen LogP contribution >= 0.6 is 11.6 Å². The highest BCUT2D eigenvalue weighted by Gasteiger charge is 2.18. The molecule has 0 radical (unpaired) electrons. The van der Waals surface area contributed by atoms with Gasteiger partial charge in [0.15, 0.2) is 5.65 Å². The van der Waals surface area contributed by atoms with Gasteiger partial charge in [-0.1, -0.05) is 31.4 Å². The van der Waals surface area contributed by atoms with E-state index in [1.54, 1.807) is 10.7 Å². The van der Waals surface area contributed by atoms with Crippen molar-refractivity contribution in [2.45, 2.75) is 32.6 Å². The quantitative estimate of drug-likeness (QED) is 0.932. The minimum Gasteiger partial charge on any atom is -0.353 e. The Balaban J connectivity index is 1.65. The molecule has 1 fully saturated rings. The molecule has 4 nitrogen and oxygen atoms in total. The van der Waals surface area contributed by atoms with Gasteiger partial charge in [0, 0.05) is 12.7 Å². The summed E-state index contributed by atoms with van der Waals surface area (Å²) in [6.45, 7) is 3.31. The molecule has 1 aliphatic rings. The summed E-state index contributed by atoms with van der Waals surface area (Å²) in [5, 5.41) is 8.42. The molecule has 0 bridgehead atoms. The number of anilines is 1. The van der Waals surface area contributed by atoms with Crippen molar-refractivity contribution in [3.05, 3.63) is 23.4 Å². The smallest absolute Gasteiger partial charge is 0.243 e. The van der Waals surface area contributed by atoms with E-state index in [9.17, 15) is 0 Å². The minimum atomic E-state index is 0.671. The van der Waals surface area contributed by atoms with Gasteiger partial charge in [0.05, 0.1) is 5.02 Å². The fourth-order valence-electron chi connectivity index (χ4n) is 2.91. The average molecular weight is 279 g/mol. The molecule has 0 aromatic carbocycles. The maximum atomic E-state index is 5.93. The summed E-state index contributed by atoms with van der Waals surface area (Å²) in [4.78, 5) is 4.44. The Kier molecular flexibility index (Phi) is 3.60. The van der Waals surface area contributed by atoms with Crippen molar-refractivity contribution in [1.29, 1.82) is 0 Å². The molecule has 0 spiro atoms. The molecular weight excluding hydrogens is 260 g/mol. The highest BCUT2D eigenvalue weighted by atomic mass is 35.5. The summed E-state index contributed by atoms with van der Waals surface area (Å²) in [6, 6.07) is 3.71. The van der Waals surface area contributed by atoms with Crippen molar-refractivity contribution in [2.75, 3.05) is 11.9 Å². The monoisotopic (exact) mass is 278 g/mol. The average Bonchev–Trinajstić information content (AvgIpc) is 2.78. The normalized spacial score (nSPS) is 23.7. The van der Waals surface area contributed by atoms with Crippen LogP contribution in [-0.4, -0.2) is 21.1 Å². The standard InChI is InChI=1S/C14H19ClN4/c1-10-3-2-4-11(7-10)8-16-14-17-13-6-5-12(15)9-19(13)18-14/h5-6,9-11H,2-4,7-8H2,1H3,(H,16,18). The van der Waals surface area contributed by atoms with Gasteiger partial charge in [-0.3, -0.25) is 0 Å². The van der Waals surface area contributed by atoms with Gasteiger partial charge in [-0.15, -0.1) is 5.10 Å². The van der Waals surface area contributed by atoms with Crippen LogP contribution in [0.5, 0.6) is 0 Å². The Bertz CT molecular complexity index is 566. The van der Waals surface area contributed by atoms with Crippen LogP contribution in [0.4, 0.5) is 5.95 Å². The maximum Gasteiger partial charge on any atom is 0.243 e. The van der Waals surface area contributed by atoms with Gasteiger partial charge >= 0.3 is 0 Å². The SMILES string of the molecule is CC1CCCC(CNc2nc3ccc(Cl)cn3n2)C1. The van der Waals surface area contributed by atoms with E-state index in [0.717, 1.165) is 24.0 Å². The number of pyridine rings is 1. The molecule has 5 heteroatoms. The number of aromatic nitrogens is 3. The Labute approximate surface area is 118 Å². The van der Waals surface area contributed by atoms with Crippen molar-refractivity contribution in [3.63, 3.8) is 0 Å². The molecule has 102 valence electrons. The van der Waals surface area contributed by atoms with Gasteiger partial charge in [-0.25, -0.2) is 4.52 Å². The largest absolute Gasteiger partial charge is 0.353 e. The Hall–Kier alpha value is -1.29. The number of rotatable bonds is 3. The third kappa shape index (κ3) is 3.00. The predicted molar refractivity (Wildman–Crippen MR) is 77.6 cm³/mol. The molecule has 0 amide bonds. The van der Waals surface area contributed by atoms with Crippen LogP contribution in [0.25, 0.3) is 5.65 Å². The molecule has 2 atom stereocenters. The van der Waals surface area contributed by atoms with Crippen LogP contribution in [0.2, 0.25) is 5.02 Å². The lowest BCUT2D eigenvalue weighted by Gasteiger charge is -2.26. The van der Waals surface area contributed by atoms with E-state index in [0.29, 0.717) is 11.0 Å². The molecule has 2 aromatic rings. The summed E-state index contributed by atoms with van der Waals surface area (Å²) < 4.78 is 1.72. The van der Waals surface area contributed by atoms with E-state index in [1.165, 1.54) is 25.7 Å². The van der Waals surface area contributed by atoms with Crippen LogP contribution in [0.1, 0.15) is 32.6 Å². The van der Waals surface area contributed by atoms with Crippen molar-refractivity contribution in [3.8, 4) is 0 Å². The number of hydrogen-bond donors (Lipinski definition) is 1. The lowest BCUT2D eigenvalue weighted by atomic mass is 9.82. The zero-order valence-electron chi connectivity index (χ0n) is 11.1. The van der Waals surface area contributed by atoms with E-state index < -0.39 is 0 Å².